The predicted molar refractivity (Wildman–Crippen MR) is 158 cm³/mol. The number of para-hydroxylation sites is 1. The molecule has 0 radical (unpaired) electrons. The second-order valence-corrected chi connectivity index (χ2v) is 9.85. The first-order chi connectivity index (χ1) is 18.8. The molecule has 0 N–H and O–H groups in total. The summed E-state index contributed by atoms with van der Waals surface area (Å²) < 4.78 is 18.8. The molecule has 7 nitrogen and oxygen atoms in total. The quantitative estimate of drug-likeness (QED) is 0.208. The molecule has 7 heteroatoms. The Morgan fingerprint density at radius 2 is 1.77 bits per heavy atom. The molecule has 0 spiro atoms. The molecule has 0 bridgehead atoms. The molecule has 3 aromatic carbocycles. The van der Waals surface area contributed by atoms with Gasteiger partial charge in [-0.25, -0.2) is 4.98 Å². The summed E-state index contributed by atoms with van der Waals surface area (Å²) in [6, 6.07) is 17.0. The van der Waals surface area contributed by atoms with Crippen LogP contribution in [-0.2, 0) is 0 Å². The Balaban J connectivity index is 1.88. The van der Waals surface area contributed by atoms with Crippen molar-refractivity contribution in [3.05, 3.63) is 81.6 Å². The Labute approximate surface area is 230 Å². The maximum atomic E-state index is 13.7. The molecule has 39 heavy (non-hydrogen) atoms. The topological polar surface area (TPSA) is 74.9 Å². The SMILES string of the molecule is CCOc1cc(C)c(-c2nc3ccccc3c(=O)n2N=Cc2ccc(O[C@H](C)CC)c(OC)c2)cc1C(C)C. The fourth-order valence-corrected chi connectivity index (χ4v) is 4.36. The lowest BCUT2D eigenvalue weighted by Gasteiger charge is -2.18. The average Bonchev–Trinajstić information content (AvgIpc) is 2.93. The first kappa shape index (κ1) is 27.9. The van der Waals surface area contributed by atoms with Crippen LogP contribution in [0.2, 0.25) is 0 Å². The normalized spacial score (nSPS) is 12.3. The largest absolute Gasteiger partial charge is 0.494 e. The number of benzene rings is 3. The summed E-state index contributed by atoms with van der Waals surface area (Å²) in [7, 11) is 1.61. The van der Waals surface area contributed by atoms with Crippen LogP contribution in [0.5, 0.6) is 17.2 Å². The van der Waals surface area contributed by atoms with Crippen LogP contribution >= 0.6 is 0 Å². The Morgan fingerprint density at radius 1 is 1.00 bits per heavy atom. The highest BCUT2D eigenvalue weighted by Crippen LogP contribution is 2.34. The predicted octanol–water partition coefficient (Wildman–Crippen LogP) is 6.96. The van der Waals surface area contributed by atoms with Crippen molar-refractivity contribution >= 4 is 17.1 Å². The van der Waals surface area contributed by atoms with Gasteiger partial charge in [-0.3, -0.25) is 4.79 Å². The van der Waals surface area contributed by atoms with E-state index in [9.17, 15) is 4.79 Å². The van der Waals surface area contributed by atoms with Crippen LogP contribution in [0.25, 0.3) is 22.3 Å². The van der Waals surface area contributed by atoms with Gasteiger partial charge in [-0.1, -0.05) is 32.9 Å². The first-order valence-corrected chi connectivity index (χ1v) is 13.5. The maximum absolute atomic E-state index is 13.7. The van der Waals surface area contributed by atoms with E-state index in [1.807, 2.05) is 63.2 Å². The van der Waals surface area contributed by atoms with Crippen molar-refractivity contribution in [1.29, 1.82) is 0 Å². The van der Waals surface area contributed by atoms with Crippen molar-refractivity contribution in [2.45, 2.75) is 60.0 Å². The molecule has 0 aliphatic carbocycles. The number of aryl methyl sites for hydroxylation is 1. The fraction of sp³-hybridized carbons (Fsp3) is 0.344. The lowest BCUT2D eigenvalue weighted by Crippen LogP contribution is -2.21. The highest BCUT2D eigenvalue weighted by Gasteiger charge is 2.18. The van der Waals surface area contributed by atoms with Gasteiger partial charge in [-0.15, -0.1) is 0 Å². The minimum Gasteiger partial charge on any atom is -0.494 e. The van der Waals surface area contributed by atoms with Crippen molar-refractivity contribution in [3.63, 3.8) is 0 Å². The number of hydrogen-bond donors (Lipinski definition) is 0. The number of nitrogens with zero attached hydrogens (tertiary/aromatic N) is 3. The smallest absolute Gasteiger partial charge is 0.282 e. The lowest BCUT2D eigenvalue weighted by molar-refractivity contribution is 0.207. The van der Waals surface area contributed by atoms with Gasteiger partial charge < -0.3 is 14.2 Å². The highest BCUT2D eigenvalue weighted by molar-refractivity contribution is 5.83. The van der Waals surface area contributed by atoms with Gasteiger partial charge in [0.15, 0.2) is 17.3 Å². The zero-order chi connectivity index (χ0) is 28.1. The average molecular weight is 528 g/mol. The molecule has 204 valence electrons. The number of fused-ring (bicyclic) bond motifs is 1. The van der Waals surface area contributed by atoms with E-state index in [1.165, 1.54) is 4.68 Å². The third-order valence-electron chi connectivity index (χ3n) is 6.69. The fourth-order valence-electron chi connectivity index (χ4n) is 4.36. The molecule has 0 unspecified atom stereocenters. The van der Waals surface area contributed by atoms with Crippen LogP contribution in [0.4, 0.5) is 0 Å². The van der Waals surface area contributed by atoms with Crippen LogP contribution in [-0.4, -0.2) is 35.7 Å². The Bertz CT molecular complexity index is 1560. The molecular formula is C32H37N3O4. The van der Waals surface area contributed by atoms with Gasteiger partial charge in [0, 0.05) is 5.56 Å². The van der Waals surface area contributed by atoms with E-state index in [1.54, 1.807) is 19.4 Å². The Hall–Kier alpha value is -4.13. The van der Waals surface area contributed by atoms with Crippen LogP contribution in [0.3, 0.4) is 0 Å². The van der Waals surface area contributed by atoms with E-state index >= 15 is 0 Å². The molecule has 1 aromatic heterocycles. The van der Waals surface area contributed by atoms with Gasteiger partial charge in [-0.2, -0.15) is 9.78 Å². The summed E-state index contributed by atoms with van der Waals surface area (Å²) in [6.07, 6.45) is 2.59. The minimum atomic E-state index is -0.241. The summed E-state index contributed by atoms with van der Waals surface area (Å²) >= 11 is 0. The molecule has 1 atom stereocenters. The van der Waals surface area contributed by atoms with E-state index in [0.29, 0.717) is 34.8 Å². The van der Waals surface area contributed by atoms with Crippen LogP contribution in [0, 0.1) is 6.92 Å². The number of aromatic nitrogens is 2. The van der Waals surface area contributed by atoms with Crippen LogP contribution in [0.1, 0.15) is 63.6 Å². The van der Waals surface area contributed by atoms with E-state index in [-0.39, 0.29) is 17.6 Å². The van der Waals surface area contributed by atoms with E-state index in [2.05, 4.69) is 31.9 Å². The second-order valence-electron chi connectivity index (χ2n) is 9.85. The number of ether oxygens (including phenoxy) is 3. The van der Waals surface area contributed by atoms with E-state index in [4.69, 9.17) is 19.2 Å². The van der Waals surface area contributed by atoms with Crippen molar-refractivity contribution in [2.75, 3.05) is 13.7 Å². The van der Waals surface area contributed by atoms with Crippen molar-refractivity contribution in [1.82, 2.24) is 9.66 Å². The summed E-state index contributed by atoms with van der Waals surface area (Å²) in [5.74, 6) is 2.81. The van der Waals surface area contributed by atoms with Gasteiger partial charge in [0.1, 0.15) is 5.75 Å². The van der Waals surface area contributed by atoms with Gasteiger partial charge in [-0.05, 0) is 92.3 Å². The van der Waals surface area contributed by atoms with E-state index in [0.717, 1.165) is 34.4 Å². The second kappa shape index (κ2) is 12.2. The highest BCUT2D eigenvalue weighted by atomic mass is 16.5. The third-order valence-corrected chi connectivity index (χ3v) is 6.69. The standard InChI is InChI=1S/C32H37N3O4/c1-8-22(6)39-28-15-14-23(17-30(28)37-7)19-33-35-31(34-27-13-11-10-12-24(27)32(35)36)26-18-25(20(3)4)29(38-9-2)16-21(26)5/h10-20,22H,8-9H2,1-7H3/t22-/m1/s1. The molecule has 0 aliphatic heterocycles. The maximum Gasteiger partial charge on any atom is 0.282 e. The first-order valence-electron chi connectivity index (χ1n) is 13.5. The Morgan fingerprint density at radius 3 is 2.46 bits per heavy atom. The summed E-state index contributed by atoms with van der Waals surface area (Å²) in [4.78, 5) is 18.6. The summed E-state index contributed by atoms with van der Waals surface area (Å²) in [6.45, 7) is 12.9. The third kappa shape index (κ3) is 5.98. The van der Waals surface area contributed by atoms with Gasteiger partial charge in [0.05, 0.1) is 36.9 Å². The lowest BCUT2D eigenvalue weighted by atomic mass is 9.96. The zero-order valence-corrected chi connectivity index (χ0v) is 23.8. The van der Waals surface area contributed by atoms with Gasteiger partial charge in [0.25, 0.3) is 5.56 Å². The molecule has 4 rings (SSSR count). The molecular weight excluding hydrogens is 490 g/mol. The number of rotatable bonds is 10. The molecule has 0 aliphatic rings. The van der Waals surface area contributed by atoms with Crippen molar-refractivity contribution < 1.29 is 14.2 Å². The van der Waals surface area contributed by atoms with Crippen molar-refractivity contribution in [2.24, 2.45) is 5.10 Å². The number of hydrogen-bond acceptors (Lipinski definition) is 6. The monoisotopic (exact) mass is 527 g/mol. The molecule has 4 aromatic rings. The molecule has 1 heterocycles. The molecule has 0 fully saturated rings. The molecule has 0 saturated carbocycles. The van der Waals surface area contributed by atoms with Gasteiger partial charge in [0.2, 0.25) is 0 Å². The number of methoxy groups -OCH3 is 1. The van der Waals surface area contributed by atoms with Crippen molar-refractivity contribution in [3.8, 4) is 28.6 Å². The summed E-state index contributed by atoms with van der Waals surface area (Å²) in [5.41, 5.74) is 3.98. The van der Waals surface area contributed by atoms with Gasteiger partial charge >= 0.3 is 0 Å². The van der Waals surface area contributed by atoms with Crippen LogP contribution in [0.15, 0.2) is 64.5 Å². The van der Waals surface area contributed by atoms with E-state index < -0.39 is 0 Å². The van der Waals surface area contributed by atoms with Crippen LogP contribution < -0.4 is 19.8 Å². The zero-order valence-electron chi connectivity index (χ0n) is 23.8. The molecule has 0 saturated heterocycles. The minimum absolute atomic E-state index is 0.0660. The summed E-state index contributed by atoms with van der Waals surface area (Å²) in [5, 5.41) is 5.15. The molecule has 0 amide bonds. The Kier molecular flexibility index (Phi) is 8.69.